The molecule has 1 heterocycles. The molecule has 0 radical (unpaired) electrons. The van der Waals surface area contributed by atoms with Crippen LogP contribution in [0.25, 0.3) is 0 Å². The van der Waals surface area contributed by atoms with Crippen LogP contribution in [0.4, 0.5) is 11.5 Å². The largest absolute Gasteiger partial charge is 0.492 e. The Hall–Kier alpha value is -2.45. The molecule has 0 fully saturated rings. The zero-order valence-electron chi connectivity index (χ0n) is 19.3. The first-order valence-corrected chi connectivity index (χ1v) is 11.9. The quantitative estimate of drug-likeness (QED) is 0.419. The predicted molar refractivity (Wildman–Crippen MR) is 134 cm³/mol. The van der Waals surface area contributed by atoms with Crippen LogP contribution in [0.3, 0.4) is 0 Å². The van der Waals surface area contributed by atoms with Gasteiger partial charge in [0.2, 0.25) is 5.91 Å². The second-order valence-corrected chi connectivity index (χ2v) is 9.10. The van der Waals surface area contributed by atoms with E-state index in [9.17, 15) is 14.4 Å². The van der Waals surface area contributed by atoms with Gasteiger partial charge in [0.1, 0.15) is 11.6 Å². The van der Waals surface area contributed by atoms with E-state index in [0.29, 0.717) is 47.6 Å². The first-order chi connectivity index (χ1) is 15.6. The number of carbonyl (C=O) groups is 1. The zero-order valence-corrected chi connectivity index (χ0v) is 20.8. The fourth-order valence-corrected chi connectivity index (χ4v) is 3.72. The smallest absolute Gasteiger partial charge is 0.330 e. The highest BCUT2D eigenvalue weighted by atomic mass is 35.5. The molecule has 2 aromatic rings. The van der Waals surface area contributed by atoms with Crippen LogP contribution in [0, 0.1) is 5.92 Å². The number of aromatic amines is 1. The molecule has 33 heavy (non-hydrogen) atoms. The summed E-state index contributed by atoms with van der Waals surface area (Å²) >= 11 is 12.0. The van der Waals surface area contributed by atoms with Crippen molar-refractivity contribution in [3.05, 3.63) is 49.1 Å². The van der Waals surface area contributed by atoms with Crippen molar-refractivity contribution in [2.75, 3.05) is 23.8 Å². The second-order valence-electron chi connectivity index (χ2n) is 8.25. The van der Waals surface area contributed by atoms with Crippen molar-refractivity contribution in [1.29, 1.82) is 0 Å². The van der Waals surface area contributed by atoms with Crippen LogP contribution in [0.15, 0.2) is 27.8 Å². The van der Waals surface area contributed by atoms with E-state index in [1.54, 1.807) is 18.2 Å². The molecule has 0 aliphatic rings. The molecule has 182 valence electrons. The number of hydrogen-bond acceptors (Lipinski definition) is 5. The Morgan fingerprint density at radius 3 is 2.61 bits per heavy atom. The highest BCUT2D eigenvalue weighted by Gasteiger charge is 2.24. The molecule has 0 saturated heterocycles. The summed E-state index contributed by atoms with van der Waals surface area (Å²) in [6.07, 6.45) is 2.79. The molecule has 1 amide bonds. The van der Waals surface area contributed by atoms with Gasteiger partial charge >= 0.3 is 5.69 Å². The Morgan fingerprint density at radius 2 is 1.97 bits per heavy atom. The number of carbonyl (C=O) groups excluding carboxylic acids is 1. The van der Waals surface area contributed by atoms with Crippen LogP contribution in [-0.2, 0) is 11.3 Å². The number of hydrogen-bond donors (Lipinski definition) is 2. The molecule has 2 rings (SSSR count). The zero-order chi connectivity index (χ0) is 24.5. The Kier molecular flexibility index (Phi) is 10.3. The van der Waals surface area contributed by atoms with E-state index in [1.807, 2.05) is 20.8 Å². The van der Waals surface area contributed by atoms with Gasteiger partial charge in [-0.3, -0.25) is 19.1 Å². The Balaban J connectivity index is 2.19. The molecule has 0 saturated carbocycles. The number of anilines is 2. The third-order valence-corrected chi connectivity index (χ3v) is 5.67. The van der Waals surface area contributed by atoms with E-state index in [0.717, 1.165) is 12.8 Å². The van der Waals surface area contributed by atoms with Gasteiger partial charge in [-0.15, -0.1) is 0 Å². The van der Waals surface area contributed by atoms with Gasteiger partial charge in [0, 0.05) is 24.5 Å². The first-order valence-electron chi connectivity index (χ1n) is 11.2. The monoisotopic (exact) mass is 498 g/mol. The van der Waals surface area contributed by atoms with Crippen LogP contribution >= 0.6 is 23.2 Å². The van der Waals surface area contributed by atoms with Crippen LogP contribution in [0.1, 0.15) is 52.9 Å². The van der Waals surface area contributed by atoms with Gasteiger partial charge in [0.25, 0.3) is 5.56 Å². The maximum Gasteiger partial charge on any atom is 0.330 e. The fourth-order valence-electron chi connectivity index (χ4n) is 3.26. The molecular weight excluding hydrogens is 467 g/mol. The fraction of sp³-hybridized carbons (Fsp3) is 0.522. The average molecular weight is 499 g/mol. The van der Waals surface area contributed by atoms with Gasteiger partial charge in [-0.2, -0.15) is 0 Å². The van der Waals surface area contributed by atoms with Crippen LogP contribution in [0.5, 0.6) is 5.75 Å². The predicted octanol–water partition coefficient (Wildman–Crippen LogP) is 4.46. The summed E-state index contributed by atoms with van der Waals surface area (Å²) in [5.74, 6) is 0.536. The van der Waals surface area contributed by atoms with Crippen LogP contribution < -0.4 is 26.6 Å². The summed E-state index contributed by atoms with van der Waals surface area (Å²) in [5.41, 5.74) is 5.02. The molecular formula is C23H32Cl2N4O4. The normalized spacial score (nSPS) is 11.1. The number of nitrogens with one attached hydrogen (secondary N) is 1. The van der Waals surface area contributed by atoms with Crippen molar-refractivity contribution >= 4 is 40.6 Å². The van der Waals surface area contributed by atoms with Crippen molar-refractivity contribution in [2.24, 2.45) is 5.92 Å². The molecule has 0 unspecified atom stereocenters. The standard InChI is InChI=1S/C23H32Cl2N4O4/c1-4-5-11-29-21(26)20(22(31)27-23(29)32)28(12-10-15(2)3)19(30)7-6-13-33-18-9-8-16(24)14-17(18)25/h8-9,14-15H,4-7,10-13,26H2,1-3H3,(H,27,31,32). The molecule has 0 aliphatic carbocycles. The first kappa shape index (κ1) is 26.8. The molecule has 8 nitrogen and oxygen atoms in total. The number of nitrogens with two attached hydrogens (primary N) is 1. The highest BCUT2D eigenvalue weighted by molar-refractivity contribution is 6.35. The van der Waals surface area contributed by atoms with Gasteiger partial charge in [-0.05, 0) is 43.4 Å². The molecule has 1 aromatic heterocycles. The SMILES string of the molecule is CCCCn1c(N)c(N(CCC(C)C)C(=O)CCCOc2ccc(Cl)cc2Cl)c(=O)[nH]c1=O. The van der Waals surface area contributed by atoms with Crippen molar-refractivity contribution in [3.8, 4) is 5.75 Å². The number of nitrogens with zero attached hydrogens (tertiary/aromatic N) is 2. The Morgan fingerprint density at radius 1 is 1.24 bits per heavy atom. The van der Waals surface area contributed by atoms with E-state index in [1.165, 1.54) is 9.47 Å². The maximum atomic E-state index is 13.1. The second kappa shape index (κ2) is 12.7. The van der Waals surface area contributed by atoms with Gasteiger partial charge in [0.15, 0.2) is 5.69 Å². The van der Waals surface area contributed by atoms with E-state index >= 15 is 0 Å². The van der Waals surface area contributed by atoms with Crippen molar-refractivity contribution in [1.82, 2.24) is 9.55 Å². The molecule has 0 bridgehead atoms. The lowest BCUT2D eigenvalue weighted by molar-refractivity contribution is -0.118. The van der Waals surface area contributed by atoms with Gasteiger partial charge in [-0.25, -0.2) is 4.79 Å². The lowest BCUT2D eigenvalue weighted by atomic mass is 10.1. The molecule has 0 spiro atoms. The summed E-state index contributed by atoms with van der Waals surface area (Å²) in [4.78, 5) is 41.8. The summed E-state index contributed by atoms with van der Waals surface area (Å²) in [5, 5.41) is 0.896. The summed E-state index contributed by atoms with van der Waals surface area (Å²) in [6, 6.07) is 4.92. The Bertz CT molecular complexity index is 1070. The topological polar surface area (TPSA) is 110 Å². The summed E-state index contributed by atoms with van der Waals surface area (Å²) in [7, 11) is 0. The molecule has 0 aliphatic heterocycles. The van der Waals surface area contributed by atoms with E-state index in [-0.39, 0.29) is 30.4 Å². The number of nitrogen functional groups attached to an aromatic ring is 1. The average Bonchev–Trinajstić information content (AvgIpc) is 2.74. The van der Waals surface area contributed by atoms with Crippen molar-refractivity contribution in [2.45, 2.75) is 59.4 Å². The Labute approximate surface area is 203 Å². The van der Waals surface area contributed by atoms with Gasteiger partial charge in [0.05, 0.1) is 11.6 Å². The minimum Gasteiger partial charge on any atom is -0.492 e. The molecule has 3 N–H and O–H groups in total. The lowest BCUT2D eigenvalue weighted by Gasteiger charge is -2.25. The number of aromatic nitrogens is 2. The molecule has 10 heteroatoms. The van der Waals surface area contributed by atoms with Gasteiger partial charge < -0.3 is 15.4 Å². The molecule has 1 aromatic carbocycles. The van der Waals surface area contributed by atoms with E-state index in [2.05, 4.69) is 4.98 Å². The van der Waals surface area contributed by atoms with E-state index < -0.39 is 11.2 Å². The highest BCUT2D eigenvalue weighted by Crippen LogP contribution is 2.27. The number of halogens is 2. The summed E-state index contributed by atoms with van der Waals surface area (Å²) < 4.78 is 6.97. The number of ether oxygens (including phenoxy) is 1. The number of unbranched alkanes of at least 4 members (excludes halogenated alkanes) is 1. The maximum absolute atomic E-state index is 13.1. The lowest BCUT2D eigenvalue weighted by Crippen LogP contribution is -2.42. The van der Waals surface area contributed by atoms with Gasteiger partial charge in [-0.1, -0.05) is 50.4 Å². The van der Waals surface area contributed by atoms with Crippen LogP contribution in [-0.4, -0.2) is 28.6 Å². The van der Waals surface area contributed by atoms with E-state index in [4.69, 9.17) is 33.7 Å². The minimum absolute atomic E-state index is 0.0125. The number of benzene rings is 1. The minimum atomic E-state index is -0.661. The van der Waals surface area contributed by atoms with Crippen LogP contribution in [0.2, 0.25) is 10.0 Å². The summed E-state index contributed by atoms with van der Waals surface area (Å²) in [6.45, 7) is 7.00. The number of H-pyrrole nitrogens is 1. The molecule has 0 atom stereocenters. The number of rotatable bonds is 12. The third-order valence-electron chi connectivity index (χ3n) is 5.14. The van der Waals surface area contributed by atoms with Crippen molar-refractivity contribution in [3.63, 3.8) is 0 Å². The van der Waals surface area contributed by atoms with Crippen molar-refractivity contribution < 1.29 is 9.53 Å². The third kappa shape index (κ3) is 7.54. The number of amides is 1.